The van der Waals surface area contributed by atoms with Gasteiger partial charge in [0.25, 0.3) is 5.95 Å². The van der Waals surface area contributed by atoms with Crippen LogP contribution < -0.4 is 14.5 Å². The lowest BCUT2D eigenvalue weighted by molar-refractivity contribution is -0.274. The second-order valence-electron chi connectivity index (χ2n) is 10.7. The molecule has 0 saturated heterocycles. The SMILES string of the molecule is CCC1CC(N(Cc2cc(C(F)(F)F)cc(C(F)(F)F)c2)c2nnn(C)n2)c2cc(OC(F)(F)F)ccc2N1C(=O)CCCC(=O)O. The van der Waals surface area contributed by atoms with Crippen LogP contribution in [0.15, 0.2) is 36.4 Å². The number of hydrogen-bond donors (Lipinski definition) is 1. The van der Waals surface area contributed by atoms with Gasteiger partial charge >= 0.3 is 24.7 Å². The van der Waals surface area contributed by atoms with Crippen LogP contribution in [0.1, 0.15) is 67.3 Å². The summed E-state index contributed by atoms with van der Waals surface area (Å²) in [5.41, 5.74) is -3.55. The number of aryl methyl sites for hydroxylation is 1. The van der Waals surface area contributed by atoms with E-state index in [1.54, 1.807) is 6.92 Å². The summed E-state index contributed by atoms with van der Waals surface area (Å²) < 4.78 is 126. The highest BCUT2D eigenvalue weighted by Crippen LogP contribution is 2.46. The topological polar surface area (TPSA) is 114 Å². The predicted molar refractivity (Wildman–Crippen MR) is 145 cm³/mol. The van der Waals surface area contributed by atoms with Gasteiger partial charge in [-0.25, -0.2) is 0 Å². The quantitative estimate of drug-likeness (QED) is 0.236. The Balaban J connectivity index is 1.89. The maximum absolute atomic E-state index is 13.7. The number of carboxylic acid groups (broad SMARTS) is 1. The smallest absolute Gasteiger partial charge is 0.481 e. The van der Waals surface area contributed by atoms with Crippen molar-refractivity contribution in [3.63, 3.8) is 0 Å². The molecule has 1 N–H and O–H groups in total. The summed E-state index contributed by atoms with van der Waals surface area (Å²) in [6, 6.07) is 2.27. The fourth-order valence-corrected chi connectivity index (χ4v) is 5.41. The largest absolute Gasteiger partial charge is 0.573 e. The number of benzene rings is 2. The van der Waals surface area contributed by atoms with Crippen LogP contribution in [-0.4, -0.2) is 49.6 Å². The van der Waals surface area contributed by atoms with Gasteiger partial charge in [-0.2, -0.15) is 31.1 Å². The number of carboxylic acids is 1. The summed E-state index contributed by atoms with van der Waals surface area (Å²) in [5, 5.41) is 20.6. The molecular weight excluding hydrogens is 655 g/mol. The van der Waals surface area contributed by atoms with Crippen molar-refractivity contribution in [2.75, 3.05) is 9.80 Å². The van der Waals surface area contributed by atoms with Gasteiger partial charge in [0.1, 0.15) is 5.75 Å². The van der Waals surface area contributed by atoms with E-state index in [0.717, 1.165) is 16.9 Å². The molecule has 19 heteroatoms. The van der Waals surface area contributed by atoms with Crippen molar-refractivity contribution in [2.24, 2.45) is 7.05 Å². The fraction of sp³-hybridized carbons (Fsp3) is 0.464. The van der Waals surface area contributed by atoms with Gasteiger partial charge in [-0.1, -0.05) is 12.0 Å². The standard InChI is InChI=1S/C28H27F9N6O4/c1-3-18-12-22(20-13-19(47-28(35,36)37)7-8-21(20)43(18)23(44)5-4-6-24(45)46)42(25-38-40-41(2)39-25)14-15-9-16(26(29,30)31)11-17(10-15)27(32,33)34/h7-11,13,18,22H,3-6,12,14H2,1-2H3,(H,45,46). The summed E-state index contributed by atoms with van der Waals surface area (Å²) in [4.78, 5) is 27.9. The van der Waals surface area contributed by atoms with E-state index in [-0.39, 0.29) is 55.4 Å². The molecule has 256 valence electrons. The van der Waals surface area contributed by atoms with Crippen LogP contribution in [0.3, 0.4) is 0 Å². The molecule has 0 aliphatic carbocycles. The van der Waals surface area contributed by atoms with Crippen molar-refractivity contribution in [3.05, 3.63) is 58.7 Å². The third-order valence-electron chi connectivity index (χ3n) is 7.36. The number of amides is 1. The molecule has 2 aromatic carbocycles. The molecule has 1 aromatic heterocycles. The average Bonchev–Trinajstić information content (AvgIpc) is 3.38. The molecule has 0 spiro atoms. The van der Waals surface area contributed by atoms with Crippen LogP contribution in [-0.2, 0) is 35.5 Å². The zero-order valence-corrected chi connectivity index (χ0v) is 24.6. The molecule has 3 aromatic rings. The van der Waals surface area contributed by atoms with E-state index in [1.807, 2.05) is 0 Å². The zero-order valence-electron chi connectivity index (χ0n) is 24.6. The minimum atomic E-state index is -5.15. The lowest BCUT2D eigenvalue weighted by Crippen LogP contribution is -2.47. The molecule has 2 atom stereocenters. The number of hydrogen-bond acceptors (Lipinski definition) is 7. The Kier molecular flexibility index (Phi) is 9.96. The number of aromatic nitrogens is 4. The van der Waals surface area contributed by atoms with Gasteiger partial charge in [-0.15, -0.1) is 18.3 Å². The number of nitrogens with zero attached hydrogens (tertiary/aromatic N) is 6. The molecule has 2 heterocycles. The van der Waals surface area contributed by atoms with Crippen LogP contribution in [0.5, 0.6) is 5.75 Å². The Morgan fingerprint density at radius 2 is 1.62 bits per heavy atom. The van der Waals surface area contributed by atoms with Gasteiger partial charge in [-0.05, 0) is 66.4 Å². The molecule has 1 aliphatic heterocycles. The zero-order chi connectivity index (χ0) is 34.9. The Morgan fingerprint density at radius 1 is 0.979 bits per heavy atom. The first-order valence-electron chi connectivity index (χ1n) is 14.0. The summed E-state index contributed by atoms with van der Waals surface area (Å²) >= 11 is 0. The normalized spacial score (nSPS) is 17.0. The van der Waals surface area contributed by atoms with E-state index >= 15 is 0 Å². The first-order chi connectivity index (χ1) is 21.8. The average molecular weight is 683 g/mol. The minimum Gasteiger partial charge on any atom is -0.481 e. The van der Waals surface area contributed by atoms with Crippen molar-refractivity contribution < 1.29 is 58.9 Å². The van der Waals surface area contributed by atoms with Crippen molar-refractivity contribution in [3.8, 4) is 5.75 Å². The van der Waals surface area contributed by atoms with Crippen LogP contribution in [0.4, 0.5) is 51.1 Å². The van der Waals surface area contributed by atoms with E-state index in [4.69, 9.17) is 5.11 Å². The lowest BCUT2D eigenvalue weighted by Gasteiger charge is -2.44. The van der Waals surface area contributed by atoms with Gasteiger partial charge in [-0.3, -0.25) is 9.59 Å². The monoisotopic (exact) mass is 682 g/mol. The highest BCUT2D eigenvalue weighted by atomic mass is 19.4. The van der Waals surface area contributed by atoms with E-state index in [1.165, 1.54) is 22.9 Å². The summed E-state index contributed by atoms with van der Waals surface area (Å²) in [6.07, 6.45) is -15.9. The van der Waals surface area contributed by atoms with Crippen molar-refractivity contribution in [1.29, 1.82) is 0 Å². The Hall–Kier alpha value is -4.58. The van der Waals surface area contributed by atoms with Crippen LogP contribution in [0.25, 0.3) is 0 Å². The second-order valence-corrected chi connectivity index (χ2v) is 10.7. The lowest BCUT2D eigenvalue weighted by atomic mass is 9.87. The Bertz CT molecular complexity index is 1570. The number of anilines is 2. The van der Waals surface area contributed by atoms with E-state index < -0.39 is 71.7 Å². The molecule has 2 unspecified atom stereocenters. The molecule has 0 fully saturated rings. The molecule has 10 nitrogen and oxygen atoms in total. The number of ether oxygens (including phenoxy) is 1. The fourth-order valence-electron chi connectivity index (χ4n) is 5.41. The maximum atomic E-state index is 13.7. The highest BCUT2D eigenvalue weighted by molar-refractivity contribution is 5.96. The molecule has 0 bridgehead atoms. The number of carbonyl (C=O) groups is 2. The highest BCUT2D eigenvalue weighted by Gasteiger charge is 2.41. The van der Waals surface area contributed by atoms with Crippen molar-refractivity contribution in [2.45, 2.75) is 76.4 Å². The van der Waals surface area contributed by atoms with E-state index in [2.05, 4.69) is 20.1 Å². The number of fused-ring (bicyclic) bond motifs is 1. The minimum absolute atomic E-state index is 0.00138. The van der Waals surface area contributed by atoms with Crippen LogP contribution in [0.2, 0.25) is 0 Å². The number of halogens is 9. The Morgan fingerprint density at radius 3 is 2.13 bits per heavy atom. The summed E-state index contributed by atoms with van der Waals surface area (Å²) in [5.74, 6) is -2.67. The summed E-state index contributed by atoms with van der Waals surface area (Å²) in [6.45, 7) is 1.01. The molecule has 0 saturated carbocycles. The van der Waals surface area contributed by atoms with Gasteiger partial charge < -0.3 is 19.6 Å². The van der Waals surface area contributed by atoms with Crippen molar-refractivity contribution in [1.82, 2.24) is 20.2 Å². The van der Waals surface area contributed by atoms with Crippen molar-refractivity contribution >= 4 is 23.5 Å². The van der Waals surface area contributed by atoms with Crippen LogP contribution in [0, 0.1) is 0 Å². The molecule has 4 rings (SSSR count). The van der Waals surface area contributed by atoms with Gasteiger partial charge in [0.05, 0.1) is 24.2 Å². The number of aliphatic carboxylic acids is 1. The Labute approximate surface area is 260 Å². The van der Waals surface area contributed by atoms with Gasteiger partial charge in [0, 0.05) is 36.7 Å². The molecule has 1 amide bonds. The third-order valence-corrected chi connectivity index (χ3v) is 7.36. The molecular formula is C28H27F9N6O4. The molecule has 0 radical (unpaired) electrons. The number of carbonyl (C=O) groups excluding carboxylic acids is 1. The summed E-state index contributed by atoms with van der Waals surface area (Å²) in [7, 11) is 1.34. The third kappa shape index (κ3) is 8.62. The van der Waals surface area contributed by atoms with E-state index in [9.17, 15) is 49.1 Å². The predicted octanol–water partition coefficient (Wildman–Crippen LogP) is 6.66. The number of rotatable bonds is 10. The molecule has 47 heavy (non-hydrogen) atoms. The van der Waals surface area contributed by atoms with Gasteiger partial charge in [0.2, 0.25) is 5.91 Å². The number of tetrazole rings is 1. The van der Waals surface area contributed by atoms with E-state index in [0.29, 0.717) is 12.1 Å². The number of alkyl halides is 9. The van der Waals surface area contributed by atoms with Crippen LogP contribution >= 0.6 is 0 Å². The maximum Gasteiger partial charge on any atom is 0.573 e. The molecule has 1 aliphatic rings. The second kappa shape index (κ2) is 13.3. The van der Waals surface area contributed by atoms with Gasteiger partial charge in [0.15, 0.2) is 0 Å². The first-order valence-corrected chi connectivity index (χ1v) is 14.0. The first kappa shape index (κ1) is 35.3.